The number of benzene rings is 1. The van der Waals surface area contributed by atoms with E-state index in [9.17, 15) is 9.90 Å². The van der Waals surface area contributed by atoms with Crippen LogP contribution < -0.4 is 5.46 Å². The Morgan fingerprint density at radius 1 is 1.14 bits per heavy atom. The first-order valence-corrected chi connectivity index (χ1v) is 10.6. The van der Waals surface area contributed by atoms with Gasteiger partial charge in [-0.15, -0.1) is 0 Å². The van der Waals surface area contributed by atoms with Gasteiger partial charge in [0, 0.05) is 28.7 Å². The van der Waals surface area contributed by atoms with E-state index in [2.05, 4.69) is 56.9 Å². The molecule has 2 aliphatic rings. The monoisotopic (exact) mass is 388 g/mol. The number of hydrogen-bond donors (Lipinski definition) is 1. The minimum absolute atomic E-state index is 0.178. The molecule has 1 N–H and O–H groups in total. The van der Waals surface area contributed by atoms with E-state index in [0.29, 0.717) is 11.5 Å². The fourth-order valence-electron chi connectivity index (χ4n) is 5.53. The summed E-state index contributed by atoms with van der Waals surface area (Å²) in [5, 5.41) is 9.92. The molecule has 1 atom stereocenters. The van der Waals surface area contributed by atoms with Crippen molar-refractivity contribution >= 4 is 24.5 Å². The number of rotatable bonds is 4. The van der Waals surface area contributed by atoms with Gasteiger partial charge in [0.05, 0.1) is 5.56 Å². The molecule has 2 aromatic rings. The summed E-state index contributed by atoms with van der Waals surface area (Å²) in [6, 6.07) is 7.46. The quantitative estimate of drug-likeness (QED) is 0.779. The van der Waals surface area contributed by atoms with Crippen LogP contribution >= 0.6 is 0 Å². The summed E-state index contributed by atoms with van der Waals surface area (Å²) in [6.45, 7) is 13.1. The Kier molecular flexibility index (Phi) is 4.72. The first-order chi connectivity index (χ1) is 13.8. The van der Waals surface area contributed by atoms with Crippen LogP contribution in [-0.2, 0) is 6.42 Å². The maximum absolute atomic E-state index is 12.1. The van der Waals surface area contributed by atoms with Crippen LogP contribution in [0.4, 0.5) is 0 Å². The molecule has 0 saturated heterocycles. The molecule has 5 heteroatoms. The highest BCUT2D eigenvalue weighted by Gasteiger charge is 2.45. The van der Waals surface area contributed by atoms with Gasteiger partial charge in [0.2, 0.25) is 0 Å². The van der Waals surface area contributed by atoms with E-state index in [1.54, 1.807) is 6.07 Å². The molecule has 0 amide bonds. The number of aromatic carboxylic acids is 1. The van der Waals surface area contributed by atoms with Crippen LogP contribution in [0.3, 0.4) is 0 Å². The summed E-state index contributed by atoms with van der Waals surface area (Å²) in [6.07, 6.45) is 4.30. The molecule has 4 rings (SSSR count). The number of nitrogens with zero attached hydrogens (tertiary/aromatic N) is 2. The zero-order valence-electron chi connectivity index (χ0n) is 18.2. The number of carboxylic acid groups (broad SMARTS) is 1. The molecular formula is C24H29BN2O2. The van der Waals surface area contributed by atoms with Crippen molar-refractivity contribution in [1.82, 2.24) is 9.29 Å². The zero-order valence-corrected chi connectivity index (χ0v) is 18.2. The van der Waals surface area contributed by atoms with Gasteiger partial charge in [-0.25, -0.2) is 4.79 Å². The molecule has 1 aromatic carbocycles. The molecule has 0 radical (unpaired) electrons. The molecule has 150 valence electrons. The average Bonchev–Trinajstić information content (AvgIpc) is 3.10. The smallest absolute Gasteiger partial charge is 0.420 e. The van der Waals surface area contributed by atoms with Crippen LogP contribution in [-0.4, -0.2) is 27.3 Å². The Morgan fingerprint density at radius 2 is 1.83 bits per heavy atom. The van der Waals surface area contributed by atoms with Crippen LogP contribution in [0.15, 0.2) is 41.2 Å². The van der Waals surface area contributed by atoms with Crippen molar-refractivity contribution in [1.29, 1.82) is 0 Å². The van der Waals surface area contributed by atoms with Gasteiger partial charge in [0.25, 0.3) is 0 Å². The molecular weight excluding hydrogens is 359 g/mol. The lowest BCUT2D eigenvalue weighted by Crippen LogP contribution is -2.55. The molecule has 0 fully saturated rings. The average molecular weight is 388 g/mol. The summed E-state index contributed by atoms with van der Waals surface area (Å²) < 4.78 is 2.36. The Balaban J connectivity index is 2.07. The number of carboxylic acids is 1. The molecule has 29 heavy (non-hydrogen) atoms. The first kappa shape index (κ1) is 19.6. The van der Waals surface area contributed by atoms with E-state index < -0.39 is 5.97 Å². The van der Waals surface area contributed by atoms with Crippen molar-refractivity contribution in [3.05, 3.63) is 69.3 Å². The highest BCUT2D eigenvalue weighted by molar-refractivity contribution is 6.72. The largest absolute Gasteiger partial charge is 0.478 e. The Bertz CT molecular complexity index is 1080. The lowest BCUT2D eigenvalue weighted by atomic mass is 9.61. The molecule has 1 unspecified atom stereocenters. The third-order valence-corrected chi connectivity index (χ3v) is 6.94. The molecule has 1 aromatic heterocycles. The van der Waals surface area contributed by atoms with Crippen molar-refractivity contribution in [2.24, 2.45) is 5.92 Å². The van der Waals surface area contributed by atoms with Gasteiger partial charge in [-0.2, -0.15) is 0 Å². The zero-order chi connectivity index (χ0) is 21.0. The van der Waals surface area contributed by atoms with E-state index >= 15 is 0 Å². The molecule has 0 saturated carbocycles. The van der Waals surface area contributed by atoms with E-state index in [-0.39, 0.29) is 6.98 Å². The minimum atomic E-state index is -0.875. The lowest BCUT2D eigenvalue weighted by molar-refractivity contribution is 0.0698. The van der Waals surface area contributed by atoms with Crippen molar-refractivity contribution in [2.45, 2.75) is 54.4 Å². The summed E-state index contributed by atoms with van der Waals surface area (Å²) in [4.78, 5) is 14.5. The fraction of sp³-hybridized carbons (Fsp3) is 0.375. The van der Waals surface area contributed by atoms with E-state index in [4.69, 9.17) is 0 Å². The SMILES string of the molecule is CCC1=C(C)N2B(c3ccccc3C(=O)O)n3c(C)c(CC)c(C)c3C=C2C1C. The molecule has 4 nitrogen and oxygen atoms in total. The fourth-order valence-corrected chi connectivity index (χ4v) is 5.53. The molecule has 2 aliphatic heterocycles. The molecule has 0 spiro atoms. The van der Waals surface area contributed by atoms with Crippen molar-refractivity contribution < 1.29 is 9.90 Å². The predicted molar refractivity (Wildman–Crippen MR) is 119 cm³/mol. The standard InChI is InChI=1S/C24H29BN2O2/c1-7-18-14(3)22-13-23-15(4)19(8-2)17(6)27(23)25(26(22)16(18)5)21-12-10-9-11-20(21)24(28)29/h9-14H,7-8H2,1-6H3,(H,28,29). The maximum Gasteiger partial charge on any atom is 0.420 e. The highest BCUT2D eigenvalue weighted by atomic mass is 16.4. The molecule has 3 heterocycles. The highest BCUT2D eigenvalue weighted by Crippen LogP contribution is 2.44. The second-order valence-corrected chi connectivity index (χ2v) is 8.19. The first-order valence-electron chi connectivity index (χ1n) is 10.6. The second kappa shape index (κ2) is 6.98. The van der Waals surface area contributed by atoms with Crippen molar-refractivity contribution in [3.8, 4) is 0 Å². The van der Waals surface area contributed by atoms with Gasteiger partial charge < -0.3 is 14.4 Å². The number of allylic oxidation sites excluding steroid dienone is 2. The maximum atomic E-state index is 12.1. The summed E-state index contributed by atoms with van der Waals surface area (Å²) in [5.41, 5.74) is 10.3. The Hall–Kier alpha value is -2.69. The van der Waals surface area contributed by atoms with Crippen molar-refractivity contribution in [3.63, 3.8) is 0 Å². The van der Waals surface area contributed by atoms with E-state index in [0.717, 1.165) is 18.3 Å². The van der Waals surface area contributed by atoms with Gasteiger partial charge in [-0.05, 0) is 67.9 Å². The third kappa shape index (κ3) is 2.63. The van der Waals surface area contributed by atoms with Crippen molar-refractivity contribution in [2.75, 3.05) is 0 Å². The van der Waals surface area contributed by atoms with Gasteiger partial charge in [0.15, 0.2) is 0 Å². The van der Waals surface area contributed by atoms with Crippen LogP contribution in [0, 0.1) is 19.8 Å². The summed E-state index contributed by atoms with van der Waals surface area (Å²) in [7, 11) is 0. The van der Waals surface area contributed by atoms with E-state index in [1.165, 1.54) is 39.5 Å². The topological polar surface area (TPSA) is 45.5 Å². The van der Waals surface area contributed by atoms with Crippen LogP contribution in [0.1, 0.15) is 67.0 Å². The number of carbonyl (C=O) groups is 1. The van der Waals surface area contributed by atoms with Crippen LogP contribution in [0.5, 0.6) is 0 Å². The summed E-state index contributed by atoms with van der Waals surface area (Å²) in [5.74, 6) is -0.534. The normalized spacial score (nSPS) is 18.1. The second-order valence-electron chi connectivity index (χ2n) is 8.19. The van der Waals surface area contributed by atoms with E-state index in [1.807, 2.05) is 18.2 Å². The van der Waals surface area contributed by atoms with Gasteiger partial charge in [0.1, 0.15) is 0 Å². The van der Waals surface area contributed by atoms with Gasteiger partial charge in [-0.1, -0.05) is 39.0 Å². The number of hydrogen-bond acceptors (Lipinski definition) is 2. The third-order valence-electron chi connectivity index (χ3n) is 6.94. The Labute approximate surface area is 173 Å². The van der Waals surface area contributed by atoms with Gasteiger partial charge >= 0.3 is 13.0 Å². The predicted octanol–water partition coefficient (Wildman–Crippen LogP) is 4.60. The summed E-state index contributed by atoms with van der Waals surface area (Å²) >= 11 is 0. The molecule has 0 aliphatic carbocycles. The number of aromatic nitrogens is 1. The number of fused-ring (bicyclic) bond motifs is 2. The molecule has 0 bridgehead atoms. The van der Waals surface area contributed by atoms with Crippen LogP contribution in [0.25, 0.3) is 6.08 Å². The Morgan fingerprint density at radius 3 is 2.45 bits per heavy atom. The lowest BCUT2D eigenvalue weighted by Gasteiger charge is -2.37. The minimum Gasteiger partial charge on any atom is -0.478 e. The van der Waals surface area contributed by atoms with Gasteiger partial charge in [-0.3, -0.25) is 0 Å². The van der Waals surface area contributed by atoms with Crippen LogP contribution in [0.2, 0.25) is 0 Å².